The number of halogens is 3. The van der Waals surface area contributed by atoms with E-state index in [4.69, 9.17) is 5.73 Å². The predicted molar refractivity (Wildman–Crippen MR) is 66.3 cm³/mol. The summed E-state index contributed by atoms with van der Waals surface area (Å²) in [5.74, 6) is 0. The molecule has 1 aliphatic carbocycles. The van der Waals surface area contributed by atoms with Crippen LogP contribution >= 0.6 is 11.8 Å². The van der Waals surface area contributed by atoms with Crippen LogP contribution in [-0.4, -0.2) is 18.1 Å². The van der Waals surface area contributed by atoms with Gasteiger partial charge in [0.05, 0.1) is 0 Å². The van der Waals surface area contributed by atoms with E-state index in [1.807, 2.05) is 0 Å². The van der Waals surface area contributed by atoms with Crippen molar-refractivity contribution in [2.24, 2.45) is 5.73 Å². The number of thioether (sulfide) groups is 1. The third-order valence-corrected chi connectivity index (χ3v) is 3.51. The fraction of sp³-hybridized carbons (Fsp3) is 0.500. The van der Waals surface area contributed by atoms with Crippen molar-refractivity contribution in [2.45, 2.75) is 35.3 Å². The molecule has 1 saturated carbocycles. The van der Waals surface area contributed by atoms with E-state index >= 15 is 0 Å². The molecule has 0 spiro atoms. The maximum Gasteiger partial charge on any atom is 0.446 e. The lowest BCUT2D eigenvalue weighted by Gasteiger charge is -2.17. The van der Waals surface area contributed by atoms with Gasteiger partial charge in [-0.05, 0) is 42.3 Å². The van der Waals surface area contributed by atoms with Gasteiger partial charge >= 0.3 is 5.51 Å². The Kier molecular flexibility index (Phi) is 4.19. The molecule has 1 unspecified atom stereocenters. The van der Waals surface area contributed by atoms with Crippen molar-refractivity contribution < 1.29 is 13.2 Å². The van der Waals surface area contributed by atoms with Crippen LogP contribution in [0.2, 0.25) is 0 Å². The van der Waals surface area contributed by atoms with E-state index in [1.165, 1.54) is 12.1 Å². The van der Waals surface area contributed by atoms with Crippen LogP contribution in [0, 0.1) is 0 Å². The number of alkyl halides is 3. The number of rotatable bonds is 5. The molecule has 1 aromatic carbocycles. The molecule has 0 radical (unpaired) electrons. The van der Waals surface area contributed by atoms with Gasteiger partial charge in [-0.15, -0.1) is 0 Å². The Labute approximate surface area is 108 Å². The smallest absolute Gasteiger partial charge is 0.329 e. The minimum absolute atomic E-state index is 0.0300. The van der Waals surface area contributed by atoms with E-state index in [-0.39, 0.29) is 22.7 Å². The highest BCUT2D eigenvalue weighted by molar-refractivity contribution is 8.00. The van der Waals surface area contributed by atoms with E-state index in [0.717, 1.165) is 18.4 Å². The van der Waals surface area contributed by atoms with Crippen molar-refractivity contribution in [2.75, 3.05) is 6.54 Å². The van der Waals surface area contributed by atoms with Gasteiger partial charge in [-0.1, -0.05) is 12.1 Å². The van der Waals surface area contributed by atoms with Crippen LogP contribution in [0.1, 0.15) is 24.4 Å². The van der Waals surface area contributed by atoms with E-state index in [9.17, 15) is 13.2 Å². The summed E-state index contributed by atoms with van der Waals surface area (Å²) in [5.41, 5.74) is 2.38. The summed E-state index contributed by atoms with van der Waals surface area (Å²) in [5, 5.41) is 3.37. The van der Waals surface area contributed by atoms with Crippen LogP contribution in [0.15, 0.2) is 29.2 Å². The number of nitrogens with one attached hydrogen (secondary N) is 1. The SMILES string of the molecule is NCC(NC1CC1)c1ccc(SC(F)(F)F)cc1. The van der Waals surface area contributed by atoms with E-state index in [2.05, 4.69) is 5.32 Å². The maximum absolute atomic E-state index is 12.2. The first kappa shape index (κ1) is 13.7. The number of hydrogen-bond acceptors (Lipinski definition) is 3. The summed E-state index contributed by atoms with van der Waals surface area (Å²) in [6.45, 7) is 0.447. The lowest BCUT2D eigenvalue weighted by Crippen LogP contribution is -2.29. The highest BCUT2D eigenvalue weighted by Gasteiger charge is 2.29. The summed E-state index contributed by atoms with van der Waals surface area (Å²) in [4.78, 5) is 0.202. The van der Waals surface area contributed by atoms with Gasteiger partial charge in [-0.2, -0.15) is 13.2 Å². The molecule has 1 aliphatic rings. The van der Waals surface area contributed by atoms with Gasteiger partial charge in [0.15, 0.2) is 0 Å². The third-order valence-electron chi connectivity index (χ3n) is 2.77. The Morgan fingerprint density at radius 3 is 2.33 bits per heavy atom. The molecule has 6 heteroatoms. The fourth-order valence-electron chi connectivity index (χ4n) is 1.74. The molecule has 0 heterocycles. The summed E-state index contributed by atoms with van der Waals surface area (Å²) in [7, 11) is 0. The van der Waals surface area contributed by atoms with E-state index in [0.29, 0.717) is 12.6 Å². The first-order valence-electron chi connectivity index (χ1n) is 5.80. The Morgan fingerprint density at radius 2 is 1.89 bits per heavy atom. The Bertz CT molecular complexity index is 387. The lowest BCUT2D eigenvalue weighted by molar-refractivity contribution is -0.0328. The molecule has 2 rings (SSSR count). The highest BCUT2D eigenvalue weighted by Crippen LogP contribution is 2.37. The molecule has 3 N–H and O–H groups in total. The molecule has 1 atom stereocenters. The van der Waals surface area contributed by atoms with Gasteiger partial charge in [0.2, 0.25) is 0 Å². The Balaban J connectivity index is 2.00. The van der Waals surface area contributed by atoms with Crippen molar-refractivity contribution in [3.63, 3.8) is 0 Å². The quantitative estimate of drug-likeness (QED) is 0.812. The lowest BCUT2D eigenvalue weighted by atomic mass is 10.1. The third kappa shape index (κ3) is 4.19. The molecule has 0 aliphatic heterocycles. The fourth-order valence-corrected chi connectivity index (χ4v) is 2.28. The van der Waals surface area contributed by atoms with Crippen LogP contribution in [0.25, 0.3) is 0 Å². The van der Waals surface area contributed by atoms with E-state index in [1.54, 1.807) is 12.1 Å². The van der Waals surface area contributed by atoms with Crippen molar-refractivity contribution in [1.82, 2.24) is 5.32 Å². The number of benzene rings is 1. The van der Waals surface area contributed by atoms with Gasteiger partial charge in [0, 0.05) is 23.5 Å². The average molecular weight is 276 g/mol. The standard InChI is InChI=1S/C12H15F3N2S/c13-12(14,15)18-10-5-1-8(2-6-10)11(7-16)17-9-3-4-9/h1-2,5-6,9,11,17H,3-4,7,16H2. The summed E-state index contributed by atoms with van der Waals surface area (Å²) in [6, 6.07) is 6.95. The van der Waals surface area contributed by atoms with E-state index < -0.39 is 5.51 Å². The van der Waals surface area contributed by atoms with Crippen molar-refractivity contribution in [3.8, 4) is 0 Å². The summed E-state index contributed by atoms with van der Waals surface area (Å²) >= 11 is -0.0967. The largest absolute Gasteiger partial charge is 0.446 e. The first-order chi connectivity index (χ1) is 8.48. The molecule has 0 bridgehead atoms. The molecule has 18 heavy (non-hydrogen) atoms. The molecule has 0 aromatic heterocycles. The number of hydrogen-bond donors (Lipinski definition) is 2. The zero-order valence-electron chi connectivity index (χ0n) is 9.70. The second-order valence-electron chi connectivity index (χ2n) is 4.35. The summed E-state index contributed by atoms with van der Waals surface area (Å²) in [6.07, 6.45) is 2.30. The second-order valence-corrected chi connectivity index (χ2v) is 5.48. The van der Waals surface area contributed by atoms with Crippen LogP contribution in [0.3, 0.4) is 0 Å². The topological polar surface area (TPSA) is 38.0 Å². The van der Waals surface area contributed by atoms with Gasteiger partial charge in [0.1, 0.15) is 0 Å². The second kappa shape index (κ2) is 5.50. The Hall–Kier alpha value is -0.720. The van der Waals surface area contributed by atoms with Crippen LogP contribution in [0.5, 0.6) is 0 Å². The van der Waals surface area contributed by atoms with Crippen LogP contribution in [0.4, 0.5) is 13.2 Å². The minimum atomic E-state index is -4.24. The Morgan fingerprint density at radius 1 is 1.28 bits per heavy atom. The molecule has 0 saturated heterocycles. The van der Waals surface area contributed by atoms with Crippen molar-refractivity contribution >= 4 is 11.8 Å². The van der Waals surface area contributed by atoms with Gasteiger partial charge < -0.3 is 11.1 Å². The van der Waals surface area contributed by atoms with Gasteiger partial charge in [0.25, 0.3) is 0 Å². The number of nitrogens with two attached hydrogens (primary N) is 1. The minimum Gasteiger partial charge on any atom is -0.329 e. The van der Waals surface area contributed by atoms with Crippen molar-refractivity contribution in [1.29, 1.82) is 0 Å². The molecule has 2 nitrogen and oxygen atoms in total. The summed E-state index contributed by atoms with van der Waals surface area (Å²) < 4.78 is 36.5. The van der Waals surface area contributed by atoms with Crippen LogP contribution in [-0.2, 0) is 0 Å². The maximum atomic E-state index is 12.2. The van der Waals surface area contributed by atoms with Gasteiger partial charge in [-0.25, -0.2) is 0 Å². The molecule has 0 amide bonds. The molecular formula is C12H15F3N2S. The van der Waals surface area contributed by atoms with Crippen LogP contribution < -0.4 is 11.1 Å². The van der Waals surface area contributed by atoms with Gasteiger partial charge in [-0.3, -0.25) is 0 Å². The zero-order valence-corrected chi connectivity index (χ0v) is 10.5. The molecule has 1 aromatic rings. The highest BCUT2D eigenvalue weighted by atomic mass is 32.2. The molecule has 100 valence electrons. The van der Waals surface area contributed by atoms with Crippen molar-refractivity contribution in [3.05, 3.63) is 29.8 Å². The normalized spacial score (nSPS) is 17.8. The molecule has 1 fully saturated rings. The first-order valence-corrected chi connectivity index (χ1v) is 6.61. The average Bonchev–Trinajstić information content (AvgIpc) is 3.09. The molecular weight excluding hydrogens is 261 g/mol. The predicted octanol–water partition coefficient (Wildman–Crippen LogP) is 3.05. The monoisotopic (exact) mass is 276 g/mol. The zero-order chi connectivity index (χ0) is 13.2.